The summed E-state index contributed by atoms with van der Waals surface area (Å²) in [6.07, 6.45) is 1.30. The third-order valence-corrected chi connectivity index (χ3v) is 4.03. The van der Waals surface area contributed by atoms with Gasteiger partial charge in [0.1, 0.15) is 5.82 Å². The maximum atomic E-state index is 13.3. The van der Waals surface area contributed by atoms with Gasteiger partial charge in [0, 0.05) is 35.8 Å². The number of halogens is 2. The van der Waals surface area contributed by atoms with Crippen molar-refractivity contribution in [1.82, 2.24) is 0 Å². The van der Waals surface area contributed by atoms with Crippen LogP contribution in [0.3, 0.4) is 0 Å². The maximum Gasteiger partial charge on any atom is 0.164 e. The van der Waals surface area contributed by atoms with Gasteiger partial charge in [0.2, 0.25) is 0 Å². The molecule has 21 heavy (non-hydrogen) atoms. The number of rotatable bonds is 4. The van der Waals surface area contributed by atoms with Crippen LogP contribution >= 0.6 is 11.6 Å². The lowest BCUT2D eigenvalue weighted by atomic mass is 10.1. The molecule has 2 aromatic rings. The molecule has 0 fully saturated rings. The molecular weight excluding hydrogens is 289 g/mol. The Labute approximate surface area is 128 Å². The molecule has 2 nitrogen and oxygen atoms in total. The molecule has 0 spiro atoms. The number of anilines is 1. The smallest absolute Gasteiger partial charge is 0.164 e. The molecule has 3 rings (SSSR count). The van der Waals surface area contributed by atoms with Crippen molar-refractivity contribution in [3.05, 3.63) is 64.4 Å². The predicted octanol–water partition coefficient (Wildman–Crippen LogP) is 4.11. The van der Waals surface area contributed by atoms with Crippen LogP contribution in [0, 0.1) is 5.82 Å². The first-order valence-corrected chi connectivity index (χ1v) is 7.33. The molecule has 2 aromatic carbocycles. The number of fused-ring (bicyclic) bond motifs is 1. The van der Waals surface area contributed by atoms with E-state index in [-0.39, 0.29) is 11.6 Å². The summed E-state index contributed by atoms with van der Waals surface area (Å²) in [5.74, 6) is -0.177. The van der Waals surface area contributed by atoms with Crippen LogP contribution in [0.1, 0.15) is 22.3 Å². The molecule has 0 radical (unpaired) electrons. The zero-order valence-electron chi connectivity index (χ0n) is 11.5. The summed E-state index contributed by atoms with van der Waals surface area (Å²) >= 11 is 5.90. The van der Waals surface area contributed by atoms with Crippen molar-refractivity contribution in [1.29, 1.82) is 0 Å². The monoisotopic (exact) mass is 303 g/mol. The molecular formula is C17H15ClFNO. The van der Waals surface area contributed by atoms with E-state index in [0.717, 1.165) is 24.2 Å². The Hall–Kier alpha value is -1.87. The number of ketones is 1. The van der Waals surface area contributed by atoms with E-state index in [2.05, 4.69) is 4.90 Å². The van der Waals surface area contributed by atoms with Crippen LogP contribution in [-0.2, 0) is 6.42 Å². The lowest BCUT2D eigenvalue weighted by Gasteiger charge is -2.18. The molecule has 1 aliphatic heterocycles. The van der Waals surface area contributed by atoms with Gasteiger partial charge in [0.05, 0.1) is 0 Å². The summed E-state index contributed by atoms with van der Waals surface area (Å²) in [6, 6.07) is 11.8. The Morgan fingerprint density at radius 1 is 1.24 bits per heavy atom. The molecule has 0 saturated heterocycles. The summed E-state index contributed by atoms with van der Waals surface area (Å²) in [7, 11) is 0. The summed E-state index contributed by atoms with van der Waals surface area (Å²) in [5, 5.41) is 0.564. The maximum absolute atomic E-state index is 13.3. The lowest BCUT2D eigenvalue weighted by Crippen LogP contribution is -2.24. The fourth-order valence-electron chi connectivity index (χ4n) is 2.69. The van der Waals surface area contributed by atoms with E-state index >= 15 is 0 Å². The number of carbonyl (C=O) groups excluding carboxylic acids is 1. The van der Waals surface area contributed by atoms with Crippen molar-refractivity contribution >= 4 is 23.1 Å². The highest BCUT2D eigenvalue weighted by Crippen LogP contribution is 2.28. The zero-order valence-corrected chi connectivity index (χ0v) is 12.2. The minimum atomic E-state index is -0.234. The third kappa shape index (κ3) is 3.08. The topological polar surface area (TPSA) is 20.3 Å². The fourth-order valence-corrected chi connectivity index (χ4v) is 2.88. The van der Waals surface area contributed by atoms with Gasteiger partial charge in [-0.1, -0.05) is 29.8 Å². The van der Waals surface area contributed by atoms with E-state index < -0.39 is 0 Å². The molecule has 0 saturated carbocycles. The molecule has 4 heteroatoms. The summed E-state index contributed by atoms with van der Waals surface area (Å²) < 4.78 is 13.3. The standard InChI is InChI=1S/C17H15ClFNO/c18-14-3-1-2-13(10-14)17(21)7-9-20-8-6-12-4-5-15(19)11-16(12)20/h1-5,10-11H,6-9H2. The Morgan fingerprint density at radius 3 is 2.90 bits per heavy atom. The first-order chi connectivity index (χ1) is 10.1. The van der Waals surface area contributed by atoms with Crippen LogP contribution in [-0.4, -0.2) is 18.9 Å². The van der Waals surface area contributed by atoms with Crippen LogP contribution in [0.2, 0.25) is 5.02 Å². The molecule has 1 aliphatic rings. The molecule has 1 heterocycles. The van der Waals surface area contributed by atoms with Crippen molar-refractivity contribution in [2.45, 2.75) is 12.8 Å². The Balaban J connectivity index is 1.67. The average Bonchev–Trinajstić information content (AvgIpc) is 2.87. The number of hydrogen-bond donors (Lipinski definition) is 0. The third-order valence-electron chi connectivity index (χ3n) is 3.79. The molecule has 0 aliphatic carbocycles. The van der Waals surface area contributed by atoms with Gasteiger partial charge in [0.25, 0.3) is 0 Å². The molecule has 0 unspecified atom stereocenters. The lowest BCUT2D eigenvalue weighted by molar-refractivity contribution is 0.0984. The van der Waals surface area contributed by atoms with Crippen LogP contribution < -0.4 is 4.90 Å². The molecule has 0 atom stereocenters. The molecule has 0 amide bonds. The molecule has 0 N–H and O–H groups in total. The largest absolute Gasteiger partial charge is 0.370 e. The van der Waals surface area contributed by atoms with Crippen LogP contribution in [0.5, 0.6) is 0 Å². The van der Waals surface area contributed by atoms with Crippen LogP contribution in [0.15, 0.2) is 42.5 Å². The van der Waals surface area contributed by atoms with E-state index in [1.165, 1.54) is 6.07 Å². The number of nitrogens with zero attached hydrogens (tertiary/aromatic N) is 1. The highest BCUT2D eigenvalue weighted by atomic mass is 35.5. The number of carbonyl (C=O) groups is 1. The molecule has 0 aromatic heterocycles. The van der Waals surface area contributed by atoms with Gasteiger partial charge in [-0.2, -0.15) is 0 Å². The Bertz CT molecular complexity index is 686. The van der Waals surface area contributed by atoms with Crippen molar-refractivity contribution < 1.29 is 9.18 Å². The first kappa shape index (κ1) is 14.1. The summed E-state index contributed by atoms with van der Waals surface area (Å²) in [4.78, 5) is 14.2. The van der Waals surface area contributed by atoms with E-state index in [0.29, 0.717) is 23.6 Å². The van der Waals surface area contributed by atoms with Crippen molar-refractivity contribution in [2.75, 3.05) is 18.0 Å². The SMILES string of the molecule is O=C(CCN1CCc2ccc(F)cc21)c1cccc(Cl)c1. The highest BCUT2D eigenvalue weighted by Gasteiger charge is 2.20. The predicted molar refractivity (Wildman–Crippen MR) is 82.7 cm³/mol. The van der Waals surface area contributed by atoms with Gasteiger partial charge >= 0.3 is 0 Å². The van der Waals surface area contributed by atoms with Crippen molar-refractivity contribution in [3.8, 4) is 0 Å². The summed E-state index contributed by atoms with van der Waals surface area (Å²) in [5.41, 5.74) is 2.68. The van der Waals surface area contributed by atoms with Gasteiger partial charge in [-0.25, -0.2) is 4.39 Å². The second-order valence-electron chi connectivity index (χ2n) is 5.19. The second-order valence-corrected chi connectivity index (χ2v) is 5.63. The fraction of sp³-hybridized carbons (Fsp3) is 0.235. The van der Waals surface area contributed by atoms with E-state index in [1.54, 1.807) is 30.3 Å². The number of hydrogen-bond acceptors (Lipinski definition) is 2. The number of Topliss-reactive ketones (excluding diaryl/α,β-unsaturated/α-hetero) is 1. The van der Waals surface area contributed by atoms with E-state index in [1.807, 2.05) is 6.07 Å². The van der Waals surface area contributed by atoms with Crippen LogP contribution in [0.25, 0.3) is 0 Å². The highest BCUT2D eigenvalue weighted by molar-refractivity contribution is 6.31. The Morgan fingerprint density at radius 2 is 2.10 bits per heavy atom. The minimum Gasteiger partial charge on any atom is -0.370 e. The van der Waals surface area contributed by atoms with Gasteiger partial charge < -0.3 is 4.90 Å². The van der Waals surface area contributed by atoms with Gasteiger partial charge in [0.15, 0.2) is 5.78 Å². The normalized spacial score (nSPS) is 13.3. The van der Waals surface area contributed by atoms with Crippen LogP contribution in [0.4, 0.5) is 10.1 Å². The van der Waals surface area contributed by atoms with E-state index in [4.69, 9.17) is 11.6 Å². The quantitative estimate of drug-likeness (QED) is 0.792. The zero-order chi connectivity index (χ0) is 14.8. The minimum absolute atomic E-state index is 0.0577. The second kappa shape index (κ2) is 5.86. The average molecular weight is 304 g/mol. The van der Waals surface area contributed by atoms with E-state index in [9.17, 15) is 9.18 Å². The molecule has 108 valence electrons. The Kier molecular flexibility index (Phi) is 3.93. The van der Waals surface area contributed by atoms with Crippen molar-refractivity contribution in [3.63, 3.8) is 0 Å². The first-order valence-electron chi connectivity index (χ1n) is 6.95. The number of benzene rings is 2. The summed E-state index contributed by atoms with van der Waals surface area (Å²) in [6.45, 7) is 1.43. The van der Waals surface area contributed by atoms with Gasteiger partial charge in [-0.3, -0.25) is 4.79 Å². The van der Waals surface area contributed by atoms with Gasteiger partial charge in [-0.15, -0.1) is 0 Å². The molecule has 0 bridgehead atoms. The van der Waals surface area contributed by atoms with Gasteiger partial charge in [-0.05, 0) is 36.2 Å². The van der Waals surface area contributed by atoms with Crippen molar-refractivity contribution in [2.24, 2.45) is 0 Å².